The molecule has 1 aromatic heterocycles. The lowest BCUT2D eigenvalue weighted by Gasteiger charge is -2.47. The fourth-order valence-corrected chi connectivity index (χ4v) is 7.83. The van der Waals surface area contributed by atoms with Gasteiger partial charge < -0.3 is 23.7 Å². The number of furan rings is 1. The van der Waals surface area contributed by atoms with Crippen LogP contribution in [0.1, 0.15) is 5.56 Å². The van der Waals surface area contributed by atoms with Gasteiger partial charge in [0.1, 0.15) is 17.1 Å². The molecule has 5 heterocycles. The van der Waals surface area contributed by atoms with Crippen molar-refractivity contribution >= 4 is 79.2 Å². The van der Waals surface area contributed by atoms with Crippen LogP contribution < -0.4 is 35.7 Å². The van der Waals surface area contributed by atoms with Crippen molar-refractivity contribution in [3.63, 3.8) is 0 Å². The van der Waals surface area contributed by atoms with E-state index in [1.807, 2.05) is 24.3 Å². The Morgan fingerprint density at radius 2 is 1.33 bits per heavy atom. The van der Waals surface area contributed by atoms with E-state index < -0.39 is 0 Å². The molecule has 0 amide bonds. The molecule has 4 aliphatic heterocycles. The monoisotopic (exact) mass is 552 g/mol. The number of aryl methyl sites for hydroxylation is 1. The highest BCUT2D eigenvalue weighted by Crippen LogP contribution is 2.57. The highest BCUT2D eigenvalue weighted by atomic mass is 16.5. The van der Waals surface area contributed by atoms with Gasteiger partial charge in [0.05, 0.1) is 17.1 Å². The molecule has 5 nitrogen and oxygen atoms in total. The van der Waals surface area contributed by atoms with Crippen molar-refractivity contribution < 1.29 is 13.9 Å². The number of fused-ring (bicyclic) bond motifs is 7. The number of hydrogen-bond acceptors (Lipinski definition) is 5. The van der Waals surface area contributed by atoms with Gasteiger partial charge in [0.2, 0.25) is 0 Å². The summed E-state index contributed by atoms with van der Waals surface area (Å²) in [7, 11) is 0. The average molecular weight is 552 g/mol. The van der Waals surface area contributed by atoms with Crippen molar-refractivity contribution in [2.45, 2.75) is 6.92 Å². The topological polar surface area (TPSA) is 38.1 Å². The van der Waals surface area contributed by atoms with Crippen molar-refractivity contribution in [3.8, 4) is 23.0 Å². The van der Waals surface area contributed by atoms with E-state index in [1.54, 1.807) is 0 Å². The van der Waals surface area contributed by atoms with Crippen molar-refractivity contribution in [1.29, 1.82) is 0 Å². The Labute approximate surface area is 247 Å². The van der Waals surface area contributed by atoms with Crippen molar-refractivity contribution in [2.75, 3.05) is 9.80 Å². The van der Waals surface area contributed by atoms with Crippen LogP contribution in [0.25, 0.3) is 21.9 Å². The molecule has 11 rings (SSSR count). The zero-order valence-electron chi connectivity index (χ0n) is 23.1. The second-order valence-electron chi connectivity index (χ2n) is 11.8. The molecule has 0 fully saturated rings. The van der Waals surface area contributed by atoms with Gasteiger partial charge in [-0.3, -0.25) is 0 Å². The number of hydrogen-bond donors (Lipinski definition) is 0. The van der Waals surface area contributed by atoms with E-state index in [0.717, 1.165) is 90.1 Å². The maximum absolute atomic E-state index is 6.94. The van der Waals surface area contributed by atoms with E-state index in [-0.39, 0.29) is 6.71 Å². The molecule has 6 aromatic carbocycles. The summed E-state index contributed by atoms with van der Waals surface area (Å²) >= 11 is 0. The standard InChI is InChI=1S/C37H21BN2O3/c1-20-17-26-32-30(18-20)42-31-19-23-22-11-5-7-13-27(22)43-37(23)36-34(31)38(32)33-25(39(26)21-9-3-2-4-10-21)15-16-29-35(33)40(36)24-12-6-8-14-28(24)41-29/h2-19H,1H3. The molecule has 0 bridgehead atoms. The van der Waals surface area contributed by atoms with Crippen LogP contribution in [0.15, 0.2) is 114 Å². The fourth-order valence-electron chi connectivity index (χ4n) is 7.83. The smallest absolute Gasteiger partial charge is 0.262 e. The van der Waals surface area contributed by atoms with Crippen molar-refractivity contribution in [3.05, 3.63) is 115 Å². The van der Waals surface area contributed by atoms with Gasteiger partial charge in [-0.1, -0.05) is 48.5 Å². The van der Waals surface area contributed by atoms with Crippen LogP contribution in [-0.2, 0) is 0 Å². The van der Waals surface area contributed by atoms with Gasteiger partial charge in [-0.05, 0) is 84.1 Å². The molecule has 43 heavy (non-hydrogen) atoms. The molecule has 0 atom stereocenters. The van der Waals surface area contributed by atoms with E-state index in [2.05, 4.69) is 102 Å². The third-order valence-corrected chi connectivity index (χ3v) is 9.42. The van der Waals surface area contributed by atoms with Crippen LogP contribution in [0, 0.1) is 6.92 Å². The first-order valence-corrected chi connectivity index (χ1v) is 14.6. The van der Waals surface area contributed by atoms with Crippen LogP contribution in [-0.4, -0.2) is 6.71 Å². The summed E-state index contributed by atoms with van der Waals surface area (Å²) in [4.78, 5) is 4.75. The Morgan fingerprint density at radius 1 is 0.535 bits per heavy atom. The summed E-state index contributed by atoms with van der Waals surface area (Å²) in [6.45, 7) is 2.10. The molecule has 0 spiro atoms. The Bertz CT molecular complexity index is 2400. The summed E-state index contributed by atoms with van der Waals surface area (Å²) in [6.07, 6.45) is 0. The molecule has 0 aliphatic carbocycles. The summed E-state index contributed by atoms with van der Waals surface area (Å²) in [5, 5.41) is 2.13. The lowest BCUT2D eigenvalue weighted by molar-refractivity contribution is 0.476. The number of rotatable bonds is 1. The van der Waals surface area contributed by atoms with Gasteiger partial charge in [-0.25, -0.2) is 0 Å². The molecule has 200 valence electrons. The molecule has 0 N–H and O–H groups in total. The van der Waals surface area contributed by atoms with Crippen molar-refractivity contribution in [2.24, 2.45) is 0 Å². The predicted molar refractivity (Wildman–Crippen MR) is 173 cm³/mol. The normalized spacial score (nSPS) is 14.4. The Morgan fingerprint density at radius 3 is 2.26 bits per heavy atom. The predicted octanol–water partition coefficient (Wildman–Crippen LogP) is 8.19. The zero-order chi connectivity index (χ0) is 28.0. The number of para-hydroxylation sites is 4. The van der Waals surface area contributed by atoms with E-state index in [4.69, 9.17) is 13.9 Å². The lowest BCUT2D eigenvalue weighted by Crippen LogP contribution is -2.63. The molecule has 6 heteroatoms. The zero-order valence-corrected chi connectivity index (χ0v) is 23.1. The van der Waals surface area contributed by atoms with Gasteiger partial charge in [0.25, 0.3) is 6.71 Å². The van der Waals surface area contributed by atoms with E-state index in [9.17, 15) is 0 Å². The van der Waals surface area contributed by atoms with E-state index in [1.165, 1.54) is 10.9 Å². The Hall–Kier alpha value is -5.62. The molecule has 0 saturated heterocycles. The number of benzene rings is 6. The molecule has 0 radical (unpaired) electrons. The molecule has 0 unspecified atom stereocenters. The Balaban J connectivity index is 1.35. The first-order chi connectivity index (χ1) is 21.2. The van der Waals surface area contributed by atoms with Gasteiger partial charge in [-0.2, -0.15) is 0 Å². The third-order valence-electron chi connectivity index (χ3n) is 9.42. The van der Waals surface area contributed by atoms with E-state index in [0.29, 0.717) is 0 Å². The highest BCUT2D eigenvalue weighted by molar-refractivity contribution is 7.02. The van der Waals surface area contributed by atoms with Crippen LogP contribution in [0.4, 0.5) is 34.1 Å². The minimum atomic E-state index is -0.0445. The van der Waals surface area contributed by atoms with Crippen LogP contribution in [0.3, 0.4) is 0 Å². The summed E-state index contributed by atoms with van der Waals surface area (Å²) in [5.41, 5.74) is 12.9. The maximum atomic E-state index is 6.94. The van der Waals surface area contributed by atoms with E-state index >= 15 is 0 Å². The summed E-state index contributed by atoms with van der Waals surface area (Å²) in [6, 6.07) is 38.2. The van der Waals surface area contributed by atoms with Crippen LogP contribution in [0.5, 0.6) is 23.0 Å². The molecule has 4 aliphatic rings. The largest absolute Gasteiger partial charge is 0.458 e. The number of nitrogens with zero attached hydrogens (tertiary/aromatic N) is 2. The second-order valence-corrected chi connectivity index (χ2v) is 11.8. The van der Waals surface area contributed by atoms with Gasteiger partial charge in [0.15, 0.2) is 17.1 Å². The summed E-state index contributed by atoms with van der Waals surface area (Å²) in [5.74, 6) is 3.44. The van der Waals surface area contributed by atoms with Crippen LogP contribution >= 0.6 is 0 Å². The molecule has 7 aromatic rings. The Kier molecular flexibility index (Phi) is 3.80. The highest BCUT2D eigenvalue weighted by Gasteiger charge is 2.51. The first-order valence-electron chi connectivity index (χ1n) is 14.6. The third kappa shape index (κ3) is 2.57. The molecular formula is C37H21BN2O3. The maximum Gasteiger partial charge on any atom is 0.262 e. The number of ether oxygens (including phenoxy) is 2. The second kappa shape index (κ2) is 7.41. The lowest BCUT2D eigenvalue weighted by atomic mass is 9.32. The van der Waals surface area contributed by atoms with Crippen LogP contribution in [0.2, 0.25) is 0 Å². The molecule has 0 saturated carbocycles. The average Bonchev–Trinajstić information content (AvgIpc) is 3.41. The summed E-state index contributed by atoms with van der Waals surface area (Å²) < 4.78 is 20.3. The minimum absolute atomic E-state index is 0.0445. The number of anilines is 6. The van der Waals surface area contributed by atoms with Gasteiger partial charge in [0, 0.05) is 33.3 Å². The fraction of sp³-hybridized carbons (Fsp3) is 0.0270. The quantitative estimate of drug-likeness (QED) is 0.192. The molecular weight excluding hydrogens is 531 g/mol. The first kappa shape index (κ1) is 22.0. The van der Waals surface area contributed by atoms with Gasteiger partial charge in [-0.15, -0.1) is 0 Å². The SMILES string of the molecule is Cc1cc2c3c(c1)N(c1ccccc1)c1ccc4c5c1B3c1c(cc3c(oc6ccccc63)c1N5c1ccccc1O4)O2. The van der Waals surface area contributed by atoms with Gasteiger partial charge >= 0.3 is 0 Å². The minimum Gasteiger partial charge on any atom is -0.458 e. The van der Waals surface area contributed by atoms with Crippen molar-refractivity contribution in [1.82, 2.24) is 0 Å².